The summed E-state index contributed by atoms with van der Waals surface area (Å²) >= 11 is 2.82. The Morgan fingerprint density at radius 3 is 2.90 bits per heavy atom. The first kappa shape index (κ1) is 15.5. The molecule has 2 N–H and O–H groups in total. The molecule has 110 valence electrons. The fraction of sp³-hybridized carbons (Fsp3) is 0.214. The molecule has 0 saturated carbocycles. The van der Waals surface area contributed by atoms with E-state index in [-0.39, 0.29) is 11.2 Å². The van der Waals surface area contributed by atoms with Crippen molar-refractivity contribution in [3.8, 4) is 0 Å². The second kappa shape index (κ2) is 7.80. The highest BCUT2D eigenvalue weighted by molar-refractivity contribution is 8.02. The molecule has 0 aliphatic rings. The highest BCUT2D eigenvalue weighted by Crippen LogP contribution is 2.30. The van der Waals surface area contributed by atoms with Crippen molar-refractivity contribution in [2.45, 2.75) is 16.5 Å². The molecule has 1 aromatic carbocycles. The van der Waals surface area contributed by atoms with Crippen molar-refractivity contribution in [1.29, 1.82) is 0 Å². The van der Waals surface area contributed by atoms with Crippen LogP contribution >= 0.6 is 23.1 Å². The Hall–Kier alpha value is -1.86. The van der Waals surface area contributed by atoms with Gasteiger partial charge in [0.15, 0.2) is 4.34 Å². The summed E-state index contributed by atoms with van der Waals surface area (Å²) in [7, 11) is 0. The van der Waals surface area contributed by atoms with Crippen molar-refractivity contribution in [1.82, 2.24) is 15.5 Å². The van der Waals surface area contributed by atoms with Crippen molar-refractivity contribution in [3.05, 3.63) is 43.0 Å². The van der Waals surface area contributed by atoms with E-state index in [9.17, 15) is 4.79 Å². The number of rotatable bonds is 7. The Balaban J connectivity index is 1.91. The fourth-order valence-corrected chi connectivity index (χ4v) is 3.41. The molecule has 0 fully saturated rings. The number of nitrogens with zero attached hydrogens (tertiary/aromatic N) is 2. The molecule has 1 atom stereocenters. The Bertz CT molecular complexity index is 600. The van der Waals surface area contributed by atoms with Gasteiger partial charge in [0.05, 0.1) is 5.25 Å². The van der Waals surface area contributed by atoms with E-state index >= 15 is 0 Å². The monoisotopic (exact) mass is 320 g/mol. The number of hydrogen-bond donors (Lipinski definition) is 2. The largest absolute Gasteiger partial charge is 0.352 e. The summed E-state index contributed by atoms with van der Waals surface area (Å²) in [6.45, 7) is 5.88. The topological polar surface area (TPSA) is 66.9 Å². The SMILES string of the molecule is C=CCNC(=O)C(C)Sc1nnc(Nc2ccccc2)s1. The summed E-state index contributed by atoms with van der Waals surface area (Å²) in [5, 5.41) is 14.6. The van der Waals surface area contributed by atoms with Gasteiger partial charge in [-0.3, -0.25) is 4.79 Å². The predicted octanol–water partition coefficient (Wildman–Crippen LogP) is 3.06. The van der Waals surface area contributed by atoms with Crippen molar-refractivity contribution in [3.63, 3.8) is 0 Å². The third-order valence-electron chi connectivity index (χ3n) is 2.50. The number of benzene rings is 1. The van der Waals surface area contributed by atoms with Crippen LogP contribution in [0.25, 0.3) is 0 Å². The molecule has 0 aliphatic heterocycles. The number of amides is 1. The van der Waals surface area contributed by atoms with Gasteiger partial charge in [0.2, 0.25) is 11.0 Å². The van der Waals surface area contributed by atoms with E-state index in [1.807, 2.05) is 37.3 Å². The number of anilines is 2. The van der Waals surface area contributed by atoms with Crippen LogP contribution in [0.4, 0.5) is 10.8 Å². The summed E-state index contributed by atoms with van der Waals surface area (Å²) in [6, 6.07) is 9.77. The molecule has 0 saturated heterocycles. The van der Waals surface area contributed by atoms with Crippen LogP contribution < -0.4 is 10.6 Å². The van der Waals surface area contributed by atoms with Gasteiger partial charge in [-0.25, -0.2) is 0 Å². The summed E-state index contributed by atoms with van der Waals surface area (Å²) in [4.78, 5) is 11.8. The third kappa shape index (κ3) is 4.87. The molecule has 1 aromatic heterocycles. The van der Waals surface area contributed by atoms with E-state index in [2.05, 4.69) is 27.4 Å². The average molecular weight is 320 g/mol. The molecule has 2 aromatic rings. The third-order valence-corrected chi connectivity index (χ3v) is 4.52. The van der Waals surface area contributed by atoms with Crippen LogP contribution in [0.5, 0.6) is 0 Å². The van der Waals surface area contributed by atoms with Gasteiger partial charge in [-0.05, 0) is 19.1 Å². The molecular weight excluding hydrogens is 304 g/mol. The first-order valence-corrected chi connectivity index (χ1v) is 8.09. The van der Waals surface area contributed by atoms with Crippen molar-refractivity contribution in [2.24, 2.45) is 0 Å². The highest BCUT2D eigenvalue weighted by atomic mass is 32.2. The lowest BCUT2D eigenvalue weighted by Gasteiger charge is -2.08. The van der Waals surface area contributed by atoms with Gasteiger partial charge in [-0.2, -0.15) is 0 Å². The maximum absolute atomic E-state index is 11.8. The zero-order chi connectivity index (χ0) is 15.1. The standard InChI is InChI=1S/C14H16N4OS2/c1-3-9-15-12(19)10(2)20-14-18-17-13(21-14)16-11-7-5-4-6-8-11/h3-8,10H,1,9H2,2H3,(H,15,19)(H,16,17). The first-order valence-electron chi connectivity index (χ1n) is 6.40. The Labute approximate surface area is 131 Å². The fourth-order valence-electron chi connectivity index (χ4n) is 1.47. The van der Waals surface area contributed by atoms with Gasteiger partial charge in [-0.15, -0.1) is 16.8 Å². The van der Waals surface area contributed by atoms with E-state index in [0.29, 0.717) is 11.7 Å². The smallest absolute Gasteiger partial charge is 0.233 e. The second-order valence-corrected chi connectivity index (χ2v) is 6.72. The predicted molar refractivity (Wildman–Crippen MR) is 88.2 cm³/mol. The maximum Gasteiger partial charge on any atom is 0.233 e. The molecule has 0 radical (unpaired) electrons. The highest BCUT2D eigenvalue weighted by Gasteiger charge is 2.16. The van der Waals surface area contributed by atoms with Crippen molar-refractivity contribution in [2.75, 3.05) is 11.9 Å². The molecule has 1 heterocycles. The van der Waals surface area contributed by atoms with Gasteiger partial charge < -0.3 is 10.6 Å². The van der Waals surface area contributed by atoms with Gasteiger partial charge in [-0.1, -0.05) is 47.4 Å². The number of thioether (sulfide) groups is 1. The molecule has 0 spiro atoms. The summed E-state index contributed by atoms with van der Waals surface area (Å²) in [5.74, 6) is -0.0346. The second-order valence-electron chi connectivity index (χ2n) is 4.16. The molecule has 2 rings (SSSR count). The number of carbonyl (C=O) groups is 1. The lowest BCUT2D eigenvalue weighted by Crippen LogP contribution is -2.30. The first-order chi connectivity index (χ1) is 10.2. The number of aromatic nitrogens is 2. The van der Waals surface area contributed by atoms with Gasteiger partial charge in [0, 0.05) is 12.2 Å². The zero-order valence-electron chi connectivity index (χ0n) is 11.6. The number of carbonyl (C=O) groups excluding carboxylic acids is 1. The van der Waals surface area contributed by atoms with Crippen LogP contribution in [0.1, 0.15) is 6.92 Å². The van der Waals surface area contributed by atoms with Gasteiger partial charge >= 0.3 is 0 Å². The Morgan fingerprint density at radius 2 is 2.19 bits per heavy atom. The van der Waals surface area contributed by atoms with Crippen LogP contribution in [0, 0.1) is 0 Å². The van der Waals surface area contributed by atoms with E-state index in [4.69, 9.17) is 0 Å². The summed E-state index contributed by atoms with van der Waals surface area (Å²) < 4.78 is 0.759. The molecule has 5 nitrogen and oxygen atoms in total. The number of hydrogen-bond acceptors (Lipinski definition) is 6. The normalized spacial score (nSPS) is 11.7. The average Bonchev–Trinajstić information content (AvgIpc) is 2.92. The van der Waals surface area contributed by atoms with Crippen LogP contribution in [0.2, 0.25) is 0 Å². The van der Waals surface area contributed by atoms with Gasteiger partial charge in [0.25, 0.3) is 0 Å². The molecule has 0 aliphatic carbocycles. The molecule has 1 unspecified atom stereocenters. The molecule has 1 amide bonds. The minimum Gasteiger partial charge on any atom is -0.352 e. The number of para-hydroxylation sites is 1. The molecule has 21 heavy (non-hydrogen) atoms. The zero-order valence-corrected chi connectivity index (χ0v) is 13.2. The van der Waals surface area contributed by atoms with Gasteiger partial charge in [0.1, 0.15) is 0 Å². The minimum absolute atomic E-state index is 0.0346. The summed E-state index contributed by atoms with van der Waals surface area (Å²) in [5.41, 5.74) is 0.960. The Morgan fingerprint density at radius 1 is 1.43 bits per heavy atom. The van der Waals surface area contributed by atoms with E-state index in [1.165, 1.54) is 23.1 Å². The lowest BCUT2D eigenvalue weighted by atomic mass is 10.3. The lowest BCUT2D eigenvalue weighted by molar-refractivity contribution is -0.120. The van der Waals surface area contributed by atoms with Crippen molar-refractivity contribution < 1.29 is 4.79 Å². The maximum atomic E-state index is 11.8. The van der Waals surface area contributed by atoms with Crippen LogP contribution in [-0.4, -0.2) is 27.9 Å². The summed E-state index contributed by atoms with van der Waals surface area (Å²) in [6.07, 6.45) is 1.65. The van der Waals surface area contributed by atoms with E-state index in [0.717, 1.165) is 10.0 Å². The van der Waals surface area contributed by atoms with E-state index in [1.54, 1.807) is 6.08 Å². The van der Waals surface area contributed by atoms with Crippen LogP contribution in [0.15, 0.2) is 47.3 Å². The minimum atomic E-state index is -0.220. The number of nitrogens with one attached hydrogen (secondary N) is 2. The van der Waals surface area contributed by atoms with Crippen LogP contribution in [0.3, 0.4) is 0 Å². The molecular formula is C14H16N4OS2. The quantitative estimate of drug-likeness (QED) is 0.606. The van der Waals surface area contributed by atoms with E-state index < -0.39 is 0 Å². The molecule has 7 heteroatoms. The Kier molecular flexibility index (Phi) is 5.77. The van der Waals surface area contributed by atoms with Crippen LogP contribution in [-0.2, 0) is 4.79 Å². The van der Waals surface area contributed by atoms with Crippen molar-refractivity contribution >= 4 is 39.8 Å². The molecule has 0 bridgehead atoms.